The first-order chi connectivity index (χ1) is 16.8. The maximum atomic E-state index is 14.8. The molecule has 6 nitrogen and oxygen atoms in total. The quantitative estimate of drug-likeness (QED) is 0.410. The summed E-state index contributed by atoms with van der Waals surface area (Å²) in [5.74, 6) is -0.314. The number of hydrogen-bond donors (Lipinski definition) is 2. The van der Waals surface area contributed by atoms with Crippen LogP contribution in [0.4, 0.5) is 4.39 Å². The largest absolute Gasteiger partial charge is 0.384 e. The molecule has 4 rings (SSSR count). The Bertz CT molecular complexity index is 1470. The monoisotopic (exact) mass is 549 g/mol. The number of rotatable bonds is 6. The van der Waals surface area contributed by atoms with Gasteiger partial charge >= 0.3 is 0 Å². The third-order valence-corrected chi connectivity index (χ3v) is 7.90. The van der Waals surface area contributed by atoms with E-state index in [1.54, 1.807) is 55.0 Å². The molecule has 2 aromatic carbocycles. The molecule has 2 atom stereocenters. The predicted octanol–water partition coefficient (Wildman–Crippen LogP) is 5.23. The lowest BCUT2D eigenvalue weighted by Gasteiger charge is -2.25. The van der Waals surface area contributed by atoms with Crippen LogP contribution in [0.1, 0.15) is 36.7 Å². The van der Waals surface area contributed by atoms with Crippen LogP contribution in [0.3, 0.4) is 0 Å². The number of hydrogen-bond acceptors (Lipinski definition) is 5. The maximum absolute atomic E-state index is 14.8. The number of halogens is 3. The van der Waals surface area contributed by atoms with E-state index in [1.807, 2.05) is 12.2 Å². The summed E-state index contributed by atoms with van der Waals surface area (Å²) in [6, 6.07) is 8.96. The molecule has 0 fully saturated rings. The number of benzene rings is 2. The minimum atomic E-state index is -3.48. The Morgan fingerprint density at radius 3 is 2.56 bits per heavy atom. The van der Waals surface area contributed by atoms with E-state index in [2.05, 4.69) is 4.98 Å². The van der Waals surface area contributed by atoms with Crippen molar-refractivity contribution in [2.45, 2.75) is 42.3 Å². The zero-order chi connectivity index (χ0) is 26.4. The number of nitrogens with zero attached hydrogens (tertiary/aromatic N) is 2. The van der Waals surface area contributed by atoms with Gasteiger partial charge in [0.2, 0.25) is 0 Å². The molecule has 3 N–H and O–H groups in total. The van der Waals surface area contributed by atoms with Crippen molar-refractivity contribution in [3.05, 3.63) is 88.5 Å². The van der Waals surface area contributed by atoms with Gasteiger partial charge in [-0.3, -0.25) is 0 Å². The molecule has 1 aromatic heterocycles. The molecule has 0 aliphatic heterocycles. The molecule has 3 aromatic rings. The van der Waals surface area contributed by atoms with Gasteiger partial charge < -0.3 is 15.4 Å². The summed E-state index contributed by atoms with van der Waals surface area (Å²) in [5.41, 5.74) is 6.81. The molecule has 0 spiro atoms. The van der Waals surface area contributed by atoms with Crippen molar-refractivity contribution in [1.82, 2.24) is 9.55 Å². The summed E-state index contributed by atoms with van der Waals surface area (Å²) in [5, 5.41) is 10.2. The fourth-order valence-corrected chi connectivity index (χ4v) is 5.69. The Balaban J connectivity index is 1.78. The second-order valence-electron chi connectivity index (χ2n) is 9.23. The second-order valence-corrected chi connectivity index (χ2v) is 12.1. The lowest BCUT2D eigenvalue weighted by Crippen LogP contribution is -2.20. The summed E-state index contributed by atoms with van der Waals surface area (Å²) < 4.78 is 41.1. The van der Waals surface area contributed by atoms with Crippen LogP contribution in [0, 0.1) is 5.82 Å². The van der Waals surface area contributed by atoms with Crippen LogP contribution >= 0.6 is 23.2 Å². The fraction of sp³-hybridized carbons (Fsp3) is 0.269. The smallest absolute Gasteiger partial charge is 0.175 e. The van der Waals surface area contributed by atoms with Crippen LogP contribution in [-0.4, -0.2) is 34.7 Å². The van der Waals surface area contributed by atoms with E-state index in [1.165, 1.54) is 12.1 Å². The fourth-order valence-electron chi connectivity index (χ4n) is 4.13. The number of alkyl halides is 1. The van der Waals surface area contributed by atoms with Crippen molar-refractivity contribution < 1.29 is 17.9 Å². The number of nitrogens with two attached hydrogens (primary N) is 1. The highest BCUT2D eigenvalue weighted by Crippen LogP contribution is 2.38. The van der Waals surface area contributed by atoms with Crippen molar-refractivity contribution in [3.8, 4) is 11.4 Å². The van der Waals surface area contributed by atoms with Gasteiger partial charge in [0.15, 0.2) is 9.84 Å². The summed E-state index contributed by atoms with van der Waals surface area (Å²) in [4.78, 5) is 4.69. The molecule has 36 heavy (non-hydrogen) atoms. The minimum Gasteiger partial charge on any atom is -0.384 e. The van der Waals surface area contributed by atoms with E-state index < -0.39 is 32.7 Å². The summed E-state index contributed by atoms with van der Waals surface area (Å²) in [6.45, 7) is 3.27. The van der Waals surface area contributed by atoms with Gasteiger partial charge in [0.1, 0.15) is 17.2 Å². The van der Waals surface area contributed by atoms with Gasteiger partial charge in [-0.25, -0.2) is 17.8 Å². The highest BCUT2D eigenvalue weighted by atomic mass is 35.5. The van der Waals surface area contributed by atoms with Gasteiger partial charge in [-0.05, 0) is 48.7 Å². The van der Waals surface area contributed by atoms with E-state index >= 15 is 0 Å². The molecule has 1 aliphatic carbocycles. The molecule has 0 bridgehead atoms. The Morgan fingerprint density at radius 1 is 1.25 bits per heavy atom. The first-order valence-electron chi connectivity index (χ1n) is 11.1. The minimum absolute atomic E-state index is 0.101. The molecule has 1 aliphatic rings. The molecule has 0 saturated carbocycles. The summed E-state index contributed by atoms with van der Waals surface area (Å²) in [7, 11) is -3.48. The Morgan fingerprint density at radius 2 is 1.97 bits per heavy atom. The Labute approximate surface area is 219 Å². The van der Waals surface area contributed by atoms with E-state index in [4.69, 9.17) is 28.9 Å². The summed E-state index contributed by atoms with van der Waals surface area (Å²) >= 11 is 13.1. The molecular weight excluding hydrogens is 524 g/mol. The Hall–Kier alpha value is -2.49. The van der Waals surface area contributed by atoms with Gasteiger partial charge in [0.05, 0.1) is 32.6 Å². The van der Waals surface area contributed by atoms with Crippen molar-refractivity contribution in [2.24, 2.45) is 5.73 Å². The number of allylic oxidation sites excluding steroid dienone is 4. The second kappa shape index (κ2) is 9.76. The molecule has 0 radical (unpaired) electrons. The number of aromatic nitrogens is 2. The maximum Gasteiger partial charge on any atom is 0.175 e. The van der Waals surface area contributed by atoms with E-state index in [0.717, 1.165) is 11.8 Å². The van der Waals surface area contributed by atoms with E-state index in [0.29, 0.717) is 16.8 Å². The molecular formula is C26H26Cl2FN3O3S. The first kappa shape index (κ1) is 26.6. The van der Waals surface area contributed by atoms with Crippen LogP contribution in [0.15, 0.2) is 65.7 Å². The van der Waals surface area contributed by atoms with Crippen molar-refractivity contribution in [1.29, 1.82) is 0 Å². The van der Waals surface area contributed by atoms with Gasteiger partial charge in [-0.15, -0.1) is 11.6 Å². The zero-order valence-electron chi connectivity index (χ0n) is 19.9. The molecule has 0 saturated heterocycles. The van der Waals surface area contributed by atoms with Crippen molar-refractivity contribution in [3.63, 3.8) is 0 Å². The van der Waals surface area contributed by atoms with Gasteiger partial charge in [-0.2, -0.15) is 0 Å². The first-order valence-corrected chi connectivity index (χ1v) is 13.9. The van der Waals surface area contributed by atoms with E-state index in [-0.39, 0.29) is 27.9 Å². The number of aliphatic hydroxyl groups is 1. The highest BCUT2D eigenvalue weighted by molar-refractivity contribution is 7.90. The molecule has 0 amide bonds. The topological polar surface area (TPSA) is 98.2 Å². The van der Waals surface area contributed by atoms with Crippen LogP contribution in [0.25, 0.3) is 17.0 Å². The SMILES string of the molecule is CC(C)(O)c1cn(C2C=CC(c3ccc(CN)c(S(C)(=O)=O)c3)=CC2Cl)c(-c2c(F)cccc2Cl)n1. The lowest BCUT2D eigenvalue weighted by molar-refractivity contribution is 0.0742. The average molecular weight is 550 g/mol. The molecule has 1 heterocycles. The number of sulfone groups is 1. The van der Waals surface area contributed by atoms with Gasteiger partial charge in [-0.1, -0.05) is 48.0 Å². The van der Waals surface area contributed by atoms with E-state index in [9.17, 15) is 17.9 Å². The van der Waals surface area contributed by atoms with Crippen molar-refractivity contribution in [2.75, 3.05) is 6.26 Å². The third-order valence-electron chi connectivity index (χ3n) is 6.02. The number of imidazole rings is 1. The molecule has 190 valence electrons. The van der Waals surface area contributed by atoms with Crippen LogP contribution in [0.2, 0.25) is 5.02 Å². The average Bonchev–Trinajstić information content (AvgIpc) is 3.23. The van der Waals surface area contributed by atoms with Crippen LogP contribution in [-0.2, 0) is 22.0 Å². The normalized spacial score (nSPS) is 18.4. The van der Waals surface area contributed by atoms with Gasteiger partial charge in [0.25, 0.3) is 0 Å². The van der Waals surface area contributed by atoms with Crippen LogP contribution in [0.5, 0.6) is 0 Å². The predicted molar refractivity (Wildman–Crippen MR) is 141 cm³/mol. The van der Waals surface area contributed by atoms with Crippen molar-refractivity contribution >= 4 is 38.6 Å². The van der Waals surface area contributed by atoms with Crippen LogP contribution < -0.4 is 5.73 Å². The molecule has 2 unspecified atom stereocenters. The Kier molecular flexibility index (Phi) is 7.20. The molecule has 10 heteroatoms. The highest BCUT2D eigenvalue weighted by Gasteiger charge is 2.30. The standard InChI is InChI=1S/C26H26Cl2FN3O3S/c1-26(2,33)23-14-32(25(31-23)24-18(27)5-4-6-20(24)29)21-10-9-15(11-19(21)28)16-7-8-17(13-30)22(12-16)36(3,34)35/h4-12,14,19,21,33H,13,30H2,1-3H3. The van der Waals surface area contributed by atoms with Gasteiger partial charge in [0, 0.05) is 19.0 Å². The third kappa shape index (κ3) is 5.14. The zero-order valence-corrected chi connectivity index (χ0v) is 22.2. The lowest BCUT2D eigenvalue weighted by atomic mass is 9.95. The summed E-state index contributed by atoms with van der Waals surface area (Å²) in [6.07, 6.45) is 8.23.